The van der Waals surface area contributed by atoms with Crippen molar-refractivity contribution in [3.63, 3.8) is 0 Å². The maximum Gasteiger partial charge on any atom is 0.240 e. The Morgan fingerprint density at radius 3 is 2.64 bits per heavy atom. The lowest BCUT2D eigenvalue weighted by atomic mass is 10.3. The molecule has 0 unspecified atom stereocenters. The first-order valence-electron chi connectivity index (χ1n) is 6.93. The molecule has 6 nitrogen and oxygen atoms in total. The fourth-order valence-electron chi connectivity index (χ4n) is 1.77. The van der Waals surface area contributed by atoms with Crippen molar-refractivity contribution in [2.24, 2.45) is 0 Å². The lowest BCUT2D eigenvalue weighted by Gasteiger charge is -2.22. The first kappa shape index (κ1) is 18.4. The maximum atomic E-state index is 13.8. The summed E-state index contributed by atoms with van der Waals surface area (Å²) < 4.78 is 43.2. The van der Waals surface area contributed by atoms with Gasteiger partial charge in [-0.1, -0.05) is 12.1 Å². The number of sulfonamides is 1. The van der Waals surface area contributed by atoms with Crippen LogP contribution in [-0.4, -0.2) is 46.9 Å². The third-order valence-corrected chi connectivity index (χ3v) is 3.93. The lowest BCUT2D eigenvalue weighted by Crippen LogP contribution is -2.41. The summed E-state index contributed by atoms with van der Waals surface area (Å²) in [4.78, 5) is 11.8. The second-order valence-corrected chi connectivity index (χ2v) is 6.53. The fraction of sp³-hybridized carbons (Fsp3) is 0.500. The molecule has 0 saturated carbocycles. The number of ether oxygens (including phenoxy) is 1. The second kappa shape index (κ2) is 8.70. The van der Waals surface area contributed by atoms with Gasteiger partial charge < -0.3 is 10.1 Å². The number of hydrogen-bond donors (Lipinski definition) is 1. The van der Waals surface area contributed by atoms with Gasteiger partial charge in [-0.3, -0.25) is 9.10 Å². The van der Waals surface area contributed by atoms with E-state index in [1.54, 1.807) is 0 Å². The summed E-state index contributed by atoms with van der Waals surface area (Å²) >= 11 is 0. The molecule has 1 rings (SSSR count). The molecule has 0 spiro atoms. The van der Waals surface area contributed by atoms with Crippen molar-refractivity contribution in [3.8, 4) is 0 Å². The average Bonchev–Trinajstić information content (AvgIpc) is 2.44. The lowest BCUT2D eigenvalue weighted by molar-refractivity contribution is -0.119. The summed E-state index contributed by atoms with van der Waals surface area (Å²) in [7, 11) is -3.77. The Labute approximate surface area is 130 Å². The van der Waals surface area contributed by atoms with Crippen LogP contribution in [0.15, 0.2) is 24.3 Å². The van der Waals surface area contributed by atoms with Crippen molar-refractivity contribution in [1.29, 1.82) is 0 Å². The van der Waals surface area contributed by atoms with Gasteiger partial charge >= 0.3 is 0 Å². The molecule has 0 saturated heterocycles. The van der Waals surface area contributed by atoms with E-state index in [1.807, 2.05) is 6.92 Å². The number of amides is 1. The van der Waals surface area contributed by atoms with Crippen LogP contribution >= 0.6 is 0 Å². The van der Waals surface area contributed by atoms with Crippen LogP contribution in [0.25, 0.3) is 0 Å². The summed E-state index contributed by atoms with van der Waals surface area (Å²) in [5, 5.41) is 2.59. The third-order valence-electron chi connectivity index (χ3n) is 2.80. The highest BCUT2D eigenvalue weighted by molar-refractivity contribution is 7.92. The van der Waals surface area contributed by atoms with E-state index in [0.717, 1.165) is 16.6 Å². The average molecular weight is 332 g/mol. The highest BCUT2D eigenvalue weighted by atomic mass is 32.2. The van der Waals surface area contributed by atoms with Crippen LogP contribution in [0.1, 0.15) is 13.3 Å². The van der Waals surface area contributed by atoms with Crippen LogP contribution in [0.2, 0.25) is 0 Å². The Balaban J connectivity index is 2.68. The predicted octanol–water partition coefficient (Wildman–Crippen LogP) is 1.13. The zero-order chi connectivity index (χ0) is 16.6. The minimum absolute atomic E-state index is 0.144. The van der Waals surface area contributed by atoms with Gasteiger partial charge in [0, 0.05) is 19.8 Å². The zero-order valence-electron chi connectivity index (χ0n) is 12.7. The van der Waals surface area contributed by atoms with E-state index in [2.05, 4.69) is 5.32 Å². The van der Waals surface area contributed by atoms with E-state index >= 15 is 0 Å². The number of carbonyl (C=O) groups is 1. The monoisotopic (exact) mass is 332 g/mol. The van der Waals surface area contributed by atoms with E-state index in [0.29, 0.717) is 26.2 Å². The minimum Gasteiger partial charge on any atom is -0.382 e. The Bertz CT molecular complexity index is 592. The summed E-state index contributed by atoms with van der Waals surface area (Å²) in [5.74, 6) is -1.19. The number of nitrogens with one attached hydrogen (secondary N) is 1. The first-order valence-corrected chi connectivity index (χ1v) is 8.77. The van der Waals surface area contributed by atoms with Crippen LogP contribution in [0, 0.1) is 5.82 Å². The van der Waals surface area contributed by atoms with Gasteiger partial charge in [-0.25, -0.2) is 12.8 Å². The topological polar surface area (TPSA) is 75.7 Å². The number of benzene rings is 1. The van der Waals surface area contributed by atoms with Gasteiger partial charge in [0.2, 0.25) is 15.9 Å². The highest BCUT2D eigenvalue weighted by Crippen LogP contribution is 2.20. The van der Waals surface area contributed by atoms with Gasteiger partial charge in [0.15, 0.2) is 0 Å². The minimum atomic E-state index is -3.77. The van der Waals surface area contributed by atoms with Crippen molar-refractivity contribution in [1.82, 2.24) is 5.32 Å². The largest absolute Gasteiger partial charge is 0.382 e. The van der Waals surface area contributed by atoms with Gasteiger partial charge in [-0.2, -0.15) is 0 Å². The summed E-state index contributed by atoms with van der Waals surface area (Å²) in [5.41, 5.74) is -0.144. The number of anilines is 1. The molecule has 0 aromatic heterocycles. The van der Waals surface area contributed by atoms with Crippen LogP contribution in [0.3, 0.4) is 0 Å². The fourth-order valence-corrected chi connectivity index (χ4v) is 2.62. The van der Waals surface area contributed by atoms with Crippen molar-refractivity contribution >= 4 is 21.6 Å². The molecule has 0 aliphatic carbocycles. The summed E-state index contributed by atoms with van der Waals surface area (Å²) in [6.45, 7) is 2.89. The van der Waals surface area contributed by atoms with Gasteiger partial charge in [-0.15, -0.1) is 0 Å². The molecule has 0 fully saturated rings. The molecule has 0 aliphatic heterocycles. The molecule has 1 aromatic carbocycles. The van der Waals surface area contributed by atoms with E-state index in [1.165, 1.54) is 18.2 Å². The molecule has 0 atom stereocenters. The van der Waals surface area contributed by atoms with Gasteiger partial charge in [0.05, 0.1) is 11.9 Å². The SMILES string of the molecule is CCOCCCNC(=O)CN(c1ccccc1F)S(C)(=O)=O. The van der Waals surface area contributed by atoms with Crippen molar-refractivity contribution in [3.05, 3.63) is 30.1 Å². The maximum absolute atomic E-state index is 13.8. The van der Waals surface area contributed by atoms with Crippen LogP contribution < -0.4 is 9.62 Å². The molecule has 8 heteroatoms. The molecule has 0 bridgehead atoms. The van der Waals surface area contributed by atoms with Crippen molar-refractivity contribution in [2.45, 2.75) is 13.3 Å². The first-order chi connectivity index (χ1) is 10.4. The molecule has 22 heavy (non-hydrogen) atoms. The third kappa shape index (κ3) is 5.98. The van der Waals surface area contributed by atoms with E-state index in [4.69, 9.17) is 4.74 Å². The van der Waals surface area contributed by atoms with E-state index in [-0.39, 0.29) is 5.69 Å². The normalized spacial score (nSPS) is 11.2. The highest BCUT2D eigenvalue weighted by Gasteiger charge is 2.23. The Morgan fingerprint density at radius 2 is 2.05 bits per heavy atom. The zero-order valence-corrected chi connectivity index (χ0v) is 13.5. The number of halogens is 1. The molecular formula is C14H21FN2O4S. The Hall–Kier alpha value is -1.67. The second-order valence-electron chi connectivity index (χ2n) is 4.62. The van der Waals surface area contributed by atoms with Crippen molar-refractivity contribution in [2.75, 3.05) is 36.9 Å². The Morgan fingerprint density at radius 1 is 1.36 bits per heavy atom. The number of nitrogens with zero attached hydrogens (tertiary/aromatic N) is 1. The smallest absolute Gasteiger partial charge is 0.240 e. The summed E-state index contributed by atoms with van der Waals surface area (Å²) in [6.07, 6.45) is 1.56. The number of carbonyl (C=O) groups excluding carboxylic acids is 1. The molecular weight excluding hydrogens is 311 g/mol. The summed E-state index contributed by atoms with van der Waals surface area (Å²) in [6, 6.07) is 5.43. The van der Waals surface area contributed by atoms with Gasteiger partial charge in [0.25, 0.3) is 0 Å². The predicted molar refractivity (Wildman–Crippen MR) is 82.7 cm³/mol. The van der Waals surface area contributed by atoms with Crippen LogP contribution in [-0.2, 0) is 19.6 Å². The van der Waals surface area contributed by atoms with Crippen LogP contribution in [0.5, 0.6) is 0 Å². The molecule has 0 heterocycles. The van der Waals surface area contributed by atoms with Gasteiger partial charge in [0.1, 0.15) is 12.4 Å². The molecule has 124 valence electrons. The molecule has 1 N–H and O–H groups in total. The van der Waals surface area contributed by atoms with Gasteiger partial charge in [-0.05, 0) is 25.5 Å². The Kier molecular flexibility index (Phi) is 7.26. The number of hydrogen-bond acceptors (Lipinski definition) is 4. The van der Waals surface area contributed by atoms with Crippen LogP contribution in [0.4, 0.5) is 10.1 Å². The molecule has 0 aliphatic rings. The van der Waals surface area contributed by atoms with Crippen molar-refractivity contribution < 1.29 is 22.3 Å². The number of para-hydroxylation sites is 1. The number of rotatable bonds is 9. The molecule has 1 amide bonds. The quantitative estimate of drug-likeness (QED) is 0.688. The molecule has 0 radical (unpaired) electrons. The standard InChI is InChI=1S/C14H21FN2O4S/c1-3-21-10-6-9-16-14(18)11-17(22(2,19)20)13-8-5-4-7-12(13)15/h4-5,7-8H,3,6,9-11H2,1-2H3,(H,16,18). The van der Waals surface area contributed by atoms with E-state index < -0.39 is 28.3 Å². The van der Waals surface area contributed by atoms with E-state index in [9.17, 15) is 17.6 Å². The molecule has 1 aromatic rings.